The van der Waals surface area contributed by atoms with E-state index in [2.05, 4.69) is 24.0 Å². The van der Waals surface area contributed by atoms with Gasteiger partial charge in [0, 0.05) is 12.6 Å². The zero-order chi connectivity index (χ0) is 13.7. The van der Waals surface area contributed by atoms with Crippen molar-refractivity contribution in [2.45, 2.75) is 56.6 Å². The van der Waals surface area contributed by atoms with Gasteiger partial charge in [-0.1, -0.05) is 26.0 Å². The van der Waals surface area contributed by atoms with Crippen LogP contribution in [0.4, 0.5) is 0 Å². The van der Waals surface area contributed by atoms with Gasteiger partial charge in [0.2, 0.25) is 5.79 Å². The Kier molecular flexibility index (Phi) is 1.94. The molecule has 108 valence electrons. The van der Waals surface area contributed by atoms with E-state index in [1.807, 2.05) is 6.92 Å². The lowest BCUT2D eigenvalue weighted by atomic mass is 9.71. The van der Waals surface area contributed by atoms with Crippen LogP contribution < -0.4 is 0 Å². The molecule has 5 saturated heterocycles. The number of carbonyl (C=O) groups is 1. The van der Waals surface area contributed by atoms with Gasteiger partial charge in [-0.15, -0.1) is 0 Å². The molecule has 5 bridgehead atoms. The van der Waals surface area contributed by atoms with Crippen LogP contribution in [0.2, 0.25) is 0 Å². The fourth-order valence-electron chi connectivity index (χ4n) is 6.05. The fraction of sp³-hybridized carbons (Fsp3) is 0.812. The van der Waals surface area contributed by atoms with E-state index in [0.29, 0.717) is 12.0 Å². The van der Waals surface area contributed by atoms with Crippen LogP contribution in [0.1, 0.15) is 33.1 Å². The fourth-order valence-corrected chi connectivity index (χ4v) is 6.05. The summed E-state index contributed by atoms with van der Waals surface area (Å²) in [6, 6.07) is 0.468. The van der Waals surface area contributed by atoms with E-state index in [1.54, 1.807) is 0 Å². The van der Waals surface area contributed by atoms with E-state index in [1.165, 1.54) is 0 Å². The number of hydrogen-bond acceptors (Lipinski definition) is 4. The Hall–Kier alpha value is -0.870. The zero-order valence-corrected chi connectivity index (χ0v) is 12.0. The lowest BCUT2D eigenvalue weighted by Gasteiger charge is -2.47. The first-order chi connectivity index (χ1) is 9.65. The Morgan fingerprint density at radius 1 is 1.50 bits per heavy atom. The third-order valence-corrected chi connectivity index (χ3v) is 6.57. The number of esters is 1. The molecule has 20 heavy (non-hydrogen) atoms. The van der Waals surface area contributed by atoms with Gasteiger partial charge in [-0.2, -0.15) is 0 Å². The smallest absolute Gasteiger partial charge is 0.311 e. The van der Waals surface area contributed by atoms with Crippen LogP contribution in [0, 0.1) is 17.8 Å². The highest BCUT2D eigenvalue weighted by molar-refractivity contribution is 5.76. The van der Waals surface area contributed by atoms with Crippen LogP contribution in [-0.4, -0.2) is 40.9 Å². The summed E-state index contributed by atoms with van der Waals surface area (Å²) in [7, 11) is 0. The molecule has 5 heterocycles. The van der Waals surface area contributed by atoms with Gasteiger partial charge in [0.15, 0.2) is 0 Å². The highest BCUT2D eigenvalue weighted by Gasteiger charge is 2.84. The highest BCUT2D eigenvalue weighted by Crippen LogP contribution is 2.71. The molecule has 0 aromatic carbocycles. The second-order valence-electron chi connectivity index (χ2n) is 7.10. The summed E-state index contributed by atoms with van der Waals surface area (Å²) in [5.74, 6) is -0.0975. The van der Waals surface area contributed by atoms with Crippen molar-refractivity contribution >= 4 is 5.97 Å². The van der Waals surface area contributed by atoms with Gasteiger partial charge in [-0.05, 0) is 19.3 Å². The first kappa shape index (κ1) is 11.8. The minimum atomic E-state index is -0.602. The monoisotopic (exact) mass is 275 g/mol. The molecule has 0 aromatic heterocycles. The third-order valence-electron chi connectivity index (χ3n) is 6.57. The molecule has 0 radical (unpaired) electrons. The quantitative estimate of drug-likeness (QED) is 0.568. The van der Waals surface area contributed by atoms with Crippen molar-refractivity contribution in [1.29, 1.82) is 0 Å². The number of hydrogen-bond donors (Lipinski definition) is 0. The molecular formula is C16H21NO3. The van der Waals surface area contributed by atoms with Gasteiger partial charge in [-0.3, -0.25) is 9.69 Å². The van der Waals surface area contributed by atoms with Gasteiger partial charge in [0.05, 0.1) is 29.4 Å². The summed E-state index contributed by atoms with van der Waals surface area (Å²) >= 11 is 0. The van der Waals surface area contributed by atoms with Crippen LogP contribution in [0.5, 0.6) is 0 Å². The average molecular weight is 275 g/mol. The number of ether oxygens (including phenoxy) is 2. The summed E-state index contributed by atoms with van der Waals surface area (Å²) in [5, 5.41) is 0. The van der Waals surface area contributed by atoms with Crippen molar-refractivity contribution < 1.29 is 14.3 Å². The number of nitrogens with zero attached hydrogens (tertiary/aromatic N) is 1. The topological polar surface area (TPSA) is 38.8 Å². The maximum Gasteiger partial charge on any atom is 0.311 e. The Morgan fingerprint density at radius 3 is 3.15 bits per heavy atom. The van der Waals surface area contributed by atoms with E-state index in [4.69, 9.17) is 9.47 Å². The summed E-state index contributed by atoms with van der Waals surface area (Å²) in [6.45, 7) is 5.32. The largest absolute Gasteiger partial charge is 0.432 e. The van der Waals surface area contributed by atoms with Crippen molar-refractivity contribution in [1.82, 2.24) is 4.90 Å². The molecule has 5 aliphatic heterocycles. The Bertz CT molecular complexity index is 532. The lowest BCUT2D eigenvalue weighted by molar-refractivity contribution is -0.258. The van der Waals surface area contributed by atoms with Gasteiger partial charge >= 0.3 is 5.97 Å². The van der Waals surface area contributed by atoms with Crippen molar-refractivity contribution in [3.63, 3.8) is 0 Å². The molecule has 8 atom stereocenters. The lowest BCUT2D eigenvalue weighted by Crippen LogP contribution is -2.60. The van der Waals surface area contributed by atoms with E-state index in [-0.39, 0.29) is 29.4 Å². The summed E-state index contributed by atoms with van der Waals surface area (Å²) in [6.07, 6.45) is 8.07. The maximum atomic E-state index is 12.1. The number of carbonyl (C=O) groups excluding carboxylic acids is 1. The number of rotatable bonds is 2. The van der Waals surface area contributed by atoms with Crippen LogP contribution in [0.15, 0.2) is 12.2 Å². The van der Waals surface area contributed by atoms with Gasteiger partial charge in [-0.25, -0.2) is 0 Å². The van der Waals surface area contributed by atoms with Crippen LogP contribution in [-0.2, 0) is 14.3 Å². The van der Waals surface area contributed by atoms with Crippen molar-refractivity contribution in [2.24, 2.45) is 17.8 Å². The van der Waals surface area contributed by atoms with Gasteiger partial charge in [0.1, 0.15) is 0 Å². The number of piperidine rings is 1. The van der Waals surface area contributed by atoms with Crippen LogP contribution in [0.25, 0.3) is 0 Å². The molecule has 4 nitrogen and oxygen atoms in total. The molecular weight excluding hydrogens is 254 g/mol. The second kappa shape index (κ2) is 3.30. The molecule has 1 unspecified atom stereocenters. The molecule has 0 saturated carbocycles. The highest BCUT2D eigenvalue weighted by atomic mass is 16.7. The van der Waals surface area contributed by atoms with Crippen LogP contribution in [0.3, 0.4) is 0 Å². The standard InChI is InChI=1S/C16H21NO3/c1-3-4-6-15-11-5-7-17(15)10-8-12(15)19-16(11)13(10)9(2)14(18)20-16/h4,6,9-13H,3,5,7-8H2,1-2H3/b6-4+/t9-,10-,11+,12-,13+,15-,16+/m0/s1. The molecule has 0 N–H and O–H groups in total. The van der Waals surface area contributed by atoms with Crippen molar-refractivity contribution in [3.8, 4) is 0 Å². The maximum absolute atomic E-state index is 12.1. The predicted octanol–water partition coefficient (Wildman–Crippen LogP) is 1.70. The first-order valence-electron chi connectivity index (χ1n) is 8.00. The minimum Gasteiger partial charge on any atom is -0.432 e. The molecule has 0 aromatic rings. The van der Waals surface area contributed by atoms with Crippen molar-refractivity contribution in [3.05, 3.63) is 12.2 Å². The Morgan fingerprint density at radius 2 is 2.35 bits per heavy atom. The summed E-state index contributed by atoms with van der Waals surface area (Å²) in [5.41, 5.74) is 0.0154. The Labute approximate surface area is 119 Å². The van der Waals surface area contributed by atoms with E-state index < -0.39 is 5.79 Å². The van der Waals surface area contributed by atoms with Gasteiger partial charge in [0.25, 0.3) is 0 Å². The molecule has 5 fully saturated rings. The molecule has 5 rings (SSSR count). The molecule has 0 amide bonds. The minimum absolute atomic E-state index is 0.0154. The van der Waals surface area contributed by atoms with Gasteiger partial charge < -0.3 is 9.47 Å². The Balaban J connectivity index is 1.70. The number of fused-ring (bicyclic) bond motifs is 1. The normalized spacial score (nSPS) is 61.6. The van der Waals surface area contributed by atoms with E-state index >= 15 is 0 Å². The molecule has 5 aliphatic rings. The predicted molar refractivity (Wildman–Crippen MR) is 71.7 cm³/mol. The van der Waals surface area contributed by atoms with Crippen molar-refractivity contribution in [2.75, 3.05) is 6.54 Å². The summed E-state index contributed by atoms with van der Waals surface area (Å²) in [4.78, 5) is 14.8. The molecule has 4 heteroatoms. The number of allylic oxidation sites excluding steroid dienone is 1. The van der Waals surface area contributed by atoms with E-state index in [0.717, 1.165) is 25.8 Å². The first-order valence-corrected chi connectivity index (χ1v) is 8.00. The molecule has 1 spiro atoms. The zero-order valence-electron chi connectivity index (χ0n) is 12.0. The third kappa shape index (κ3) is 0.933. The van der Waals surface area contributed by atoms with Crippen LogP contribution >= 0.6 is 0 Å². The SMILES string of the molecule is CC/C=C/[C@@]12[C@@H]3C[C@H]4[C@H]5[C@H](C)C(=O)O[C@]5(O3)[C@@H]1CCN42. The summed E-state index contributed by atoms with van der Waals surface area (Å²) < 4.78 is 12.3. The second-order valence-corrected chi connectivity index (χ2v) is 7.10. The average Bonchev–Trinajstić information content (AvgIpc) is 3.04. The van der Waals surface area contributed by atoms with E-state index in [9.17, 15) is 4.79 Å². The molecule has 0 aliphatic carbocycles.